The first-order chi connectivity index (χ1) is 8.38. The van der Waals surface area contributed by atoms with Crippen molar-refractivity contribution in [2.75, 3.05) is 18.9 Å². The van der Waals surface area contributed by atoms with Crippen LogP contribution in [0.2, 0.25) is 0 Å². The summed E-state index contributed by atoms with van der Waals surface area (Å²) in [6.07, 6.45) is 1.17. The third kappa shape index (κ3) is 3.69. The first kappa shape index (κ1) is 14.9. The highest BCUT2D eigenvalue weighted by Crippen LogP contribution is 2.22. The van der Waals surface area contributed by atoms with Crippen molar-refractivity contribution < 1.29 is 13.5 Å². The highest BCUT2D eigenvalue weighted by Gasteiger charge is 2.17. The molecule has 5 nitrogen and oxygen atoms in total. The van der Waals surface area contributed by atoms with Crippen LogP contribution in [0.1, 0.15) is 24.0 Å². The van der Waals surface area contributed by atoms with Gasteiger partial charge < -0.3 is 10.8 Å². The number of hydrogen-bond donors (Lipinski definition) is 3. The first-order valence-corrected chi connectivity index (χ1v) is 7.34. The Balaban J connectivity index is 2.88. The molecule has 0 aliphatic rings. The third-order valence-electron chi connectivity index (χ3n) is 2.79. The Kier molecular flexibility index (Phi) is 5.13. The Hall–Kier alpha value is -1.11. The highest BCUT2D eigenvalue weighted by molar-refractivity contribution is 7.89. The van der Waals surface area contributed by atoms with Gasteiger partial charge in [0.05, 0.1) is 5.69 Å². The summed E-state index contributed by atoms with van der Waals surface area (Å²) in [6.45, 7) is 4.10. The summed E-state index contributed by atoms with van der Waals surface area (Å²) < 4.78 is 26.5. The van der Waals surface area contributed by atoms with Crippen LogP contribution in [-0.4, -0.2) is 26.7 Å². The zero-order chi connectivity index (χ0) is 13.8. The molecule has 1 rings (SSSR count). The molecule has 0 spiro atoms. The largest absolute Gasteiger partial charge is 0.398 e. The molecular formula is C12H20N2O3S. The summed E-state index contributed by atoms with van der Waals surface area (Å²) in [4.78, 5) is 0.120. The fourth-order valence-electron chi connectivity index (χ4n) is 1.57. The number of nitrogens with two attached hydrogens (primary N) is 1. The van der Waals surface area contributed by atoms with E-state index in [1.807, 2.05) is 13.8 Å². The minimum atomic E-state index is -3.57. The molecular weight excluding hydrogens is 252 g/mol. The van der Waals surface area contributed by atoms with Crippen molar-refractivity contribution in [3.05, 3.63) is 23.3 Å². The van der Waals surface area contributed by atoms with Gasteiger partial charge in [-0.25, -0.2) is 13.1 Å². The lowest BCUT2D eigenvalue weighted by Crippen LogP contribution is -2.26. The molecule has 0 aliphatic heterocycles. The van der Waals surface area contributed by atoms with Crippen molar-refractivity contribution in [3.8, 4) is 0 Å². The number of aliphatic hydroxyl groups is 1. The topological polar surface area (TPSA) is 92.4 Å². The van der Waals surface area contributed by atoms with Crippen LogP contribution in [0.15, 0.2) is 17.0 Å². The van der Waals surface area contributed by atoms with Gasteiger partial charge in [0.2, 0.25) is 10.0 Å². The summed E-state index contributed by atoms with van der Waals surface area (Å²) in [5, 5.41) is 8.63. The number of nitrogens with one attached hydrogen (secondary N) is 1. The number of aryl methyl sites for hydroxylation is 2. The number of benzene rings is 1. The lowest BCUT2D eigenvalue weighted by atomic mass is 10.1. The number of hydrogen-bond acceptors (Lipinski definition) is 4. The molecule has 1 aromatic rings. The Morgan fingerprint density at radius 1 is 1.22 bits per heavy atom. The van der Waals surface area contributed by atoms with E-state index in [1.54, 1.807) is 12.1 Å². The number of anilines is 1. The van der Waals surface area contributed by atoms with Crippen LogP contribution in [-0.2, 0) is 10.0 Å². The molecule has 6 heteroatoms. The maximum atomic E-state index is 12.0. The zero-order valence-electron chi connectivity index (χ0n) is 10.7. The van der Waals surface area contributed by atoms with Crippen molar-refractivity contribution >= 4 is 15.7 Å². The summed E-state index contributed by atoms with van der Waals surface area (Å²) in [6, 6.07) is 3.25. The average Bonchev–Trinajstić information content (AvgIpc) is 2.29. The van der Waals surface area contributed by atoms with Gasteiger partial charge in [0.15, 0.2) is 0 Å². The van der Waals surface area contributed by atoms with E-state index in [0.29, 0.717) is 19.4 Å². The fourth-order valence-corrected chi connectivity index (χ4v) is 2.84. The van der Waals surface area contributed by atoms with E-state index in [4.69, 9.17) is 10.8 Å². The maximum Gasteiger partial charge on any atom is 0.242 e. The molecule has 0 amide bonds. The van der Waals surface area contributed by atoms with Gasteiger partial charge in [-0.1, -0.05) is 0 Å². The summed E-state index contributed by atoms with van der Waals surface area (Å²) in [7, 11) is -3.57. The van der Waals surface area contributed by atoms with Crippen LogP contribution >= 0.6 is 0 Å². The van der Waals surface area contributed by atoms with Crippen LogP contribution in [0.25, 0.3) is 0 Å². The average molecular weight is 272 g/mol. The van der Waals surface area contributed by atoms with Crippen LogP contribution in [0.5, 0.6) is 0 Å². The number of rotatable bonds is 6. The number of aliphatic hydroxyl groups excluding tert-OH is 1. The molecule has 0 saturated carbocycles. The van der Waals surface area contributed by atoms with Crippen molar-refractivity contribution in [2.45, 2.75) is 31.6 Å². The molecule has 4 N–H and O–H groups in total. The fraction of sp³-hybridized carbons (Fsp3) is 0.500. The van der Waals surface area contributed by atoms with E-state index in [-0.39, 0.29) is 17.2 Å². The number of nitrogen functional groups attached to an aromatic ring is 1. The van der Waals surface area contributed by atoms with E-state index in [2.05, 4.69) is 4.72 Å². The van der Waals surface area contributed by atoms with Gasteiger partial charge >= 0.3 is 0 Å². The van der Waals surface area contributed by atoms with Gasteiger partial charge in [-0.15, -0.1) is 0 Å². The minimum absolute atomic E-state index is 0.0630. The van der Waals surface area contributed by atoms with Gasteiger partial charge in [0, 0.05) is 13.2 Å². The Morgan fingerprint density at radius 3 is 2.44 bits per heavy atom. The Bertz CT molecular complexity index is 512. The molecule has 0 fully saturated rings. The van der Waals surface area contributed by atoms with Gasteiger partial charge in [0.25, 0.3) is 0 Å². The molecule has 1 aromatic carbocycles. The maximum absolute atomic E-state index is 12.0. The van der Waals surface area contributed by atoms with Gasteiger partial charge in [-0.3, -0.25) is 0 Å². The third-order valence-corrected chi connectivity index (χ3v) is 4.31. The molecule has 0 heterocycles. The second kappa shape index (κ2) is 6.17. The SMILES string of the molecule is Cc1cc(N)c(S(=O)(=O)NCCCCO)cc1C. The summed E-state index contributed by atoms with van der Waals surface area (Å²) in [5.41, 5.74) is 7.86. The normalized spacial score (nSPS) is 11.7. The van der Waals surface area contributed by atoms with E-state index >= 15 is 0 Å². The second-order valence-corrected chi connectivity index (χ2v) is 6.04. The predicted molar refractivity (Wildman–Crippen MR) is 71.8 cm³/mol. The summed E-state index contributed by atoms with van der Waals surface area (Å²) >= 11 is 0. The van der Waals surface area contributed by atoms with Crippen molar-refractivity contribution in [1.29, 1.82) is 0 Å². The Morgan fingerprint density at radius 2 is 1.83 bits per heavy atom. The molecule has 0 aliphatic carbocycles. The summed E-state index contributed by atoms with van der Waals surface area (Å²) in [5.74, 6) is 0. The van der Waals surface area contributed by atoms with Gasteiger partial charge in [0.1, 0.15) is 4.90 Å². The quantitative estimate of drug-likeness (QED) is 0.531. The van der Waals surface area contributed by atoms with Crippen LogP contribution in [0.3, 0.4) is 0 Å². The number of unbranched alkanes of at least 4 members (excludes halogenated alkanes) is 1. The molecule has 0 bridgehead atoms. The molecule has 0 atom stereocenters. The molecule has 0 radical (unpaired) electrons. The minimum Gasteiger partial charge on any atom is -0.398 e. The molecule has 0 unspecified atom stereocenters. The van der Waals surface area contributed by atoms with Gasteiger partial charge in [-0.05, 0) is 49.9 Å². The van der Waals surface area contributed by atoms with Crippen LogP contribution in [0, 0.1) is 13.8 Å². The van der Waals surface area contributed by atoms with E-state index in [1.165, 1.54) is 0 Å². The highest BCUT2D eigenvalue weighted by atomic mass is 32.2. The standard InChI is InChI=1S/C12H20N2O3S/c1-9-7-11(13)12(8-10(9)2)18(16,17)14-5-3-4-6-15/h7-8,14-15H,3-6,13H2,1-2H3. The monoisotopic (exact) mass is 272 g/mol. The predicted octanol–water partition coefficient (Wildman–Crippen LogP) is 0.936. The van der Waals surface area contributed by atoms with Crippen molar-refractivity contribution in [1.82, 2.24) is 4.72 Å². The molecule has 0 saturated heterocycles. The first-order valence-electron chi connectivity index (χ1n) is 5.85. The molecule has 18 heavy (non-hydrogen) atoms. The van der Waals surface area contributed by atoms with E-state index in [9.17, 15) is 8.42 Å². The Labute approximate surface area is 108 Å². The lowest BCUT2D eigenvalue weighted by molar-refractivity contribution is 0.285. The van der Waals surface area contributed by atoms with E-state index in [0.717, 1.165) is 11.1 Å². The molecule has 0 aromatic heterocycles. The van der Waals surface area contributed by atoms with Crippen molar-refractivity contribution in [3.63, 3.8) is 0 Å². The zero-order valence-corrected chi connectivity index (χ0v) is 11.5. The van der Waals surface area contributed by atoms with E-state index < -0.39 is 10.0 Å². The van der Waals surface area contributed by atoms with Crippen molar-refractivity contribution in [2.24, 2.45) is 0 Å². The second-order valence-electron chi connectivity index (χ2n) is 4.30. The smallest absolute Gasteiger partial charge is 0.242 e. The van der Waals surface area contributed by atoms with Crippen LogP contribution in [0.4, 0.5) is 5.69 Å². The number of sulfonamides is 1. The van der Waals surface area contributed by atoms with Gasteiger partial charge in [-0.2, -0.15) is 0 Å². The molecule has 102 valence electrons. The van der Waals surface area contributed by atoms with Crippen LogP contribution < -0.4 is 10.5 Å². The lowest BCUT2D eigenvalue weighted by Gasteiger charge is -2.11.